The van der Waals surface area contributed by atoms with Gasteiger partial charge in [-0.15, -0.1) is 0 Å². The van der Waals surface area contributed by atoms with Crippen molar-refractivity contribution in [2.75, 3.05) is 0 Å². The van der Waals surface area contributed by atoms with E-state index in [1.54, 1.807) is 18.2 Å². The molecule has 0 aromatic heterocycles. The van der Waals surface area contributed by atoms with E-state index < -0.39 is 35.6 Å². The minimum atomic E-state index is -4.68. The van der Waals surface area contributed by atoms with Crippen LogP contribution in [0.25, 0.3) is 0 Å². The van der Waals surface area contributed by atoms with Crippen molar-refractivity contribution in [3.05, 3.63) is 58.7 Å². The number of fused-ring (bicyclic) bond motifs is 1. The van der Waals surface area contributed by atoms with E-state index in [-0.39, 0.29) is 17.2 Å². The van der Waals surface area contributed by atoms with Gasteiger partial charge in [0, 0.05) is 5.92 Å². The highest BCUT2D eigenvalue weighted by molar-refractivity contribution is 6.00. The molecule has 4 rings (SSSR count). The normalized spacial score (nSPS) is 20.7. The van der Waals surface area contributed by atoms with Crippen LogP contribution in [0.5, 0.6) is 11.5 Å². The van der Waals surface area contributed by atoms with Crippen molar-refractivity contribution in [3.63, 3.8) is 0 Å². The average Bonchev–Trinajstić information content (AvgIpc) is 3.04. The number of halogens is 3. The summed E-state index contributed by atoms with van der Waals surface area (Å²) >= 11 is 0. The van der Waals surface area contributed by atoms with Crippen LogP contribution >= 0.6 is 0 Å². The lowest BCUT2D eigenvalue weighted by molar-refractivity contribution is -0.138. The lowest BCUT2D eigenvalue weighted by Crippen LogP contribution is -2.31. The number of benzene rings is 2. The van der Waals surface area contributed by atoms with E-state index in [2.05, 4.69) is 5.32 Å². The average molecular weight is 416 g/mol. The highest BCUT2D eigenvalue weighted by atomic mass is 19.4. The quantitative estimate of drug-likeness (QED) is 0.800. The highest BCUT2D eigenvalue weighted by Gasteiger charge is 2.41. The Labute approximate surface area is 169 Å². The smallest absolute Gasteiger partial charge is 0.420 e. The fraction of sp³-hybridized carbons (Fsp3) is 0.286. The minimum Gasteiger partial charge on any atom is -0.457 e. The Kier molecular flexibility index (Phi) is 4.86. The maximum atomic E-state index is 13.4. The Morgan fingerprint density at radius 1 is 1.17 bits per heavy atom. The molecule has 0 unspecified atom stereocenters. The first kappa shape index (κ1) is 19.8. The SMILES string of the molecule is N#Cc1ccc(Oc2ccc3c(c2)CCC[C@H]3[C@@H]2OC(=O)NC2=O)c(C(F)(F)F)c1. The van der Waals surface area contributed by atoms with Crippen LogP contribution in [0.2, 0.25) is 0 Å². The van der Waals surface area contributed by atoms with Gasteiger partial charge in [0.05, 0.1) is 17.2 Å². The third-order valence-corrected chi connectivity index (χ3v) is 5.20. The van der Waals surface area contributed by atoms with Crippen LogP contribution in [0.15, 0.2) is 36.4 Å². The fourth-order valence-electron chi connectivity index (χ4n) is 3.88. The molecule has 30 heavy (non-hydrogen) atoms. The van der Waals surface area contributed by atoms with Crippen LogP contribution in [0.3, 0.4) is 0 Å². The molecular weight excluding hydrogens is 401 g/mol. The summed E-state index contributed by atoms with van der Waals surface area (Å²) in [5.74, 6) is -1.02. The number of ether oxygens (including phenoxy) is 2. The second-order valence-corrected chi connectivity index (χ2v) is 7.10. The molecule has 0 bridgehead atoms. The summed E-state index contributed by atoms with van der Waals surface area (Å²) in [6, 6.07) is 9.64. The number of nitriles is 1. The number of alkyl halides is 3. The van der Waals surface area contributed by atoms with E-state index >= 15 is 0 Å². The number of aryl methyl sites for hydroxylation is 1. The second-order valence-electron chi connectivity index (χ2n) is 7.10. The molecule has 2 aromatic carbocycles. The van der Waals surface area contributed by atoms with E-state index in [1.165, 1.54) is 12.1 Å². The molecule has 1 aliphatic carbocycles. The maximum absolute atomic E-state index is 13.4. The molecule has 2 aliphatic rings. The zero-order chi connectivity index (χ0) is 21.5. The molecule has 2 aromatic rings. The number of alkyl carbamates (subject to hydrolysis) is 1. The molecule has 0 saturated carbocycles. The van der Waals surface area contributed by atoms with Gasteiger partial charge in [0.15, 0.2) is 6.10 Å². The van der Waals surface area contributed by atoms with Gasteiger partial charge in [0.2, 0.25) is 0 Å². The van der Waals surface area contributed by atoms with Gasteiger partial charge >= 0.3 is 12.3 Å². The first-order valence-electron chi connectivity index (χ1n) is 9.20. The summed E-state index contributed by atoms with van der Waals surface area (Å²) in [7, 11) is 0. The molecule has 1 saturated heterocycles. The monoisotopic (exact) mass is 416 g/mol. The Balaban J connectivity index is 1.64. The molecule has 0 radical (unpaired) electrons. The van der Waals surface area contributed by atoms with Crippen molar-refractivity contribution in [2.45, 2.75) is 37.5 Å². The lowest BCUT2D eigenvalue weighted by atomic mass is 9.79. The third kappa shape index (κ3) is 3.68. The Bertz CT molecular complexity index is 1070. The van der Waals surface area contributed by atoms with Gasteiger partial charge in [0.25, 0.3) is 5.91 Å². The van der Waals surface area contributed by atoms with E-state index in [4.69, 9.17) is 14.7 Å². The van der Waals surface area contributed by atoms with Gasteiger partial charge in [-0.05, 0) is 60.7 Å². The number of carbonyl (C=O) groups excluding carboxylic acids is 2. The second kappa shape index (κ2) is 7.37. The van der Waals surface area contributed by atoms with Gasteiger partial charge in [-0.3, -0.25) is 10.1 Å². The summed E-state index contributed by atoms with van der Waals surface area (Å²) in [6.45, 7) is 0. The molecule has 6 nitrogen and oxygen atoms in total. The van der Waals surface area contributed by atoms with Crippen LogP contribution in [-0.4, -0.2) is 18.1 Å². The van der Waals surface area contributed by atoms with Gasteiger partial charge < -0.3 is 9.47 Å². The molecule has 2 atom stereocenters. The third-order valence-electron chi connectivity index (χ3n) is 5.20. The summed E-state index contributed by atoms with van der Waals surface area (Å²) < 4.78 is 50.7. The summed E-state index contributed by atoms with van der Waals surface area (Å²) in [5.41, 5.74) is 0.472. The number of carbonyl (C=O) groups is 2. The van der Waals surface area contributed by atoms with Gasteiger partial charge in [-0.1, -0.05) is 6.07 Å². The highest BCUT2D eigenvalue weighted by Crippen LogP contribution is 2.41. The van der Waals surface area contributed by atoms with E-state index in [0.717, 1.165) is 29.7 Å². The van der Waals surface area contributed by atoms with Crippen LogP contribution in [0.4, 0.5) is 18.0 Å². The zero-order valence-corrected chi connectivity index (χ0v) is 15.5. The first-order valence-corrected chi connectivity index (χ1v) is 9.20. The van der Waals surface area contributed by atoms with Crippen LogP contribution in [-0.2, 0) is 22.1 Å². The largest absolute Gasteiger partial charge is 0.457 e. The Morgan fingerprint density at radius 3 is 2.63 bits per heavy atom. The van der Waals surface area contributed by atoms with Crippen molar-refractivity contribution in [2.24, 2.45) is 0 Å². The molecule has 1 aliphatic heterocycles. The molecule has 1 fully saturated rings. The first-order chi connectivity index (χ1) is 14.3. The number of rotatable bonds is 3. The van der Waals surface area contributed by atoms with Gasteiger partial charge in [-0.25, -0.2) is 4.79 Å². The summed E-state index contributed by atoms with van der Waals surface area (Å²) in [4.78, 5) is 23.3. The predicted molar refractivity (Wildman–Crippen MR) is 96.8 cm³/mol. The van der Waals surface area contributed by atoms with Crippen LogP contribution in [0, 0.1) is 11.3 Å². The van der Waals surface area contributed by atoms with Gasteiger partial charge in [0.1, 0.15) is 11.5 Å². The number of hydrogen-bond acceptors (Lipinski definition) is 5. The number of amides is 2. The number of hydrogen-bond donors (Lipinski definition) is 1. The van der Waals surface area contributed by atoms with E-state index in [1.807, 2.05) is 0 Å². The molecule has 1 heterocycles. The molecule has 0 spiro atoms. The van der Waals surface area contributed by atoms with Crippen LogP contribution < -0.4 is 10.1 Å². The van der Waals surface area contributed by atoms with Crippen molar-refractivity contribution in [1.29, 1.82) is 5.26 Å². The van der Waals surface area contributed by atoms with Crippen molar-refractivity contribution in [3.8, 4) is 17.6 Å². The topological polar surface area (TPSA) is 88.4 Å². The predicted octanol–water partition coefficient (Wildman–Crippen LogP) is 4.42. The molecule has 9 heteroatoms. The molecule has 154 valence electrons. The Hall–Kier alpha value is -3.54. The van der Waals surface area contributed by atoms with Crippen molar-refractivity contribution in [1.82, 2.24) is 5.32 Å². The number of cyclic esters (lactones) is 1. The Morgan fingerprint density at radius 2 is 1.97 bits per heavy atom. The van der Waals surface area contributed by atoms with Crippen molar-refractivity contribution < 1.29 is 32.2 Å². The number of imide groups is 1. The number of nitrogens with one attached hydrogen (secondary N) is 1. The summed E-state index contributed by atoms with van der Waals surface area (Å²) in [5, 5.41) is 11.0. The standard InChI is InChI=1S/C21H15F3N2O4/c22-21(23,24)16-8-11(10-25)4-7-17(16)29-13-5-6-14-12(9-13)2-1-3-15(14)18-19(27)26-20(28)30-18/h4-9,15,18H,1-3H2,(H,26,27,28)/t15-,18+/m1/s1. The molecule has 1 N–H and O–H groups in total. The fourth-order valence-corrected chi connectivity index (χ4v) is 3.88. The minimum absolute atomic E-state index is 0.118. The van der Waals surface area contributed by atoms with Gasteiger partial charge in [-0.2, -0.15) is 18.4 Å². The zero-order valence-electron chi connectivity index (χ0n) is 15.5. The number of nitrogens with zero attached hydrogens (tertiary/aromatic N) is 1. The molecule has 2 amide bonds. The molecular formula is C21H15F3N2O4. The maximum Gasteiger partial charge on any atom is 0.420 e. The van der Waals surface area contributed by atoms with E-state index in [0.29, 0.717) is 12.8 Å². The van der Waals surface area contributed by atoms with Crippen molar-refractivity contribution >= 4 is 12.0 Å². The summed E-state index contributed by atoms with van der Waals surface area (Å²) in [6.07, 6.45) is -4.35. The van der Waals surface area contributed by atoms with E-state index in [9.17, 15) is 22.8 Å². The van der Waals surface area contributed by atoms with Crippen LogP contribution in [0.1, 0.15) is 41.0 Å². The lowest BCUT2D eigenvalue weighted by Gasteiger charge is -2.28.